The van der Waals surface area contributed by atoms with Gasteiger partial charge in [0.05, 0.1) is 13.0 Å². The Morgan fingerprint density at radius 1 is 1.15 bits per heavy atom. The van der Waals surface area contributed by atoms with Crippen molar-refractivity contribution in [2.45, 2.75) is 71.6 Å². The van der Waals surface area contributed by atoms with E-state index >= 15 is 0 Å². The highest BCUT2D eigenvalue weighted by molar-refractivity contribution is 5.87. The van der Waals surface area contributed by atoms with Crippen LogP contribution in [0.4, 0.5) is 8.78 Å². The molecule has 6 nitrogen and oxygen atoms in total. The second-order valence-electron chi connectivity index (χ2n) is 12.6. The van der Waals surface area contributed by atoms with Crippen molar-refractivity contribution >= 4 is 12.2 Å². The lowest BCUT2D eigenvalue weighted by Gasteiger charge is -2.44. The highest BCUT2D eigenvalue weighted by Gasteiger charge is 2.43. The van der Waals surface area contributed by atoms with Crippen LogP contribution < -0.4 is 5.43 Å². The molecule has 2 fully saturated rings. The number of carboxylic acid groups (broad SMARTS) is 1. The molecule has 3 heterocycles. The Labute approximate surface area is 241 Å². The van der Waals surface area contributed by atoms with Crippen LogP contribution in [0.15, 0.2) is 62.6 Å². The number of hydrogen-bond donors (Lipinski definition) is 1. The van der Waals surface area contributed by atoms with Gasteiger partial charge in [0.2, 0.25) is 0 Å². The van der Waals surface area contributed by atoms with Crippen molar-refractivity contribution in [2.24, 2.45) is 34.6 Å². The summed E-state index contributed by atoms with van der Waals surface area (Å²) in [6.45, 7) is 6.99. The van der Waals surface area contributed by atoms with E-state index < -0.39 is 17.8 Å². The summed E-state index contributed by atoms with van der Waals surface area (Å²) >= 11 is 0. The third kappa shape index (κ3) is 7.02. The average Bonchev–Trinajstić information content (AvgIpc) is 3.72. The molecular formula is C33H41F2N3O3. The van der Waals surface area contributed by atoms with Crippen molar-refractivity contribution in [1.29, 1.82) is 0 Å². The standard InChI is InChI=1S/C33H41F2N3O3/c1-4-27-21(3)28(9-10-31(27)38-18-23(12-32(40)41)15-33(34,35)19-38)30-17-36-16-20(2)29(30)14-25-13-26(39)8-7-24(37-25)11-22-5-6-22/h7-10,13,17,20-23,27H,4-6,11-12,14-16,18-19H2,1-3H3,(H,40,41)/t20?,21?,23-,27?/m0/s1. The molecule has 0 amide bonds. The van der Waals surface area contributed by atoms with Crippen LogP contribution in [0, 0.1) is 29.6 Å². The number of carboxylic acids is 1. The lowest BCUT2D eigenvalue weighted by molar-refractivity contribution is -0.140. The zero-order chi connectivity index (χ0) is 29.3. The first-order chi connectivity index (χ1) is 19.5. The van der Waals surface area contributed by atoms with Crippen molar-refractivity contribution in [2.75, 3.05) is 19.6 Å². The lowest BCUT2D eigenvalue weighted by atomic mass is 9.73. The van der Waals surface area contributed by atoms with E-state index in [0.717, 1.165) is 41.1 Å². The van der Waals surface area contributed by atoms with E-state index in [0.29, 0.717) is 25.4 Å². The number of allylic oxidation sites excluding steroid dienone is 5. The van der Waals surface area contributed by atoms with Gasteiger partial charge in [0.1, 0.15) is 0 Å². The highest BCUT2D eigenvalue weighted by atomic mass is 19.3. The van der Waals surface area contributed by atoms with Gasteiger partial charge in [-0.05, 0) is 78.7 Å². The maximum atomic E-state index is 14.7. The van der Waals surface area contributed by atoms with Crippen LogP contribution in [0.5, 0.6) is 0 Å². The normalized spacial score (nSPS) is 27.9. The first-order valence-corrected chi connectivity index (χ1v) is 15.0. The van der Waals surface area contributed by atoms with Gasteiger partial charge in [-0.15, -0.1) is 0 Å². The topological polar surface area (TPSA) is 82.9 Å². The summed E-state index contributed by atoms with van der Waals surface area (Å²) in [6, 6.07) is 5.12. The van der Waals surface area contributed by atoms with Crippen molar-refractivity contribution < 1.29 is 18.7 Å². The molecule has 220 valence electrons. The van der Waals surface area contributed by atoms with Crippen LogP contribution in [-0.4, -0.2) is 52.7 Å². The predicted molar refractivity (Wildman–Crippen MR) is 156 cm³/mol. The fraction of sp³-hybridized carbons (Fsp3) is 0.576. The molecule has 2 aliphatic heterocycles. The molecule has 2 aliphatic carbocycles. The average molecular weight is 566 g/mol. The zero-order valence-electron chi connectivity index (χ0n) is 24.3. The van der Waals surface area contributed by atoms with Crippen LogP contribution >= 0.6 is 0 Å². The largest absolute Gasteiger partial charge is 0.481 e. The van der Waals surface area contributed by atoms with Crippen molar-refractivity contribution in [1.82, 2.24) is 9.88 Å². The van der Waals surface area contributed by atoms with Crippen LogP contribution in [-0.2, 0) is 17.6 Å². The first-order valence-electron chi connectivity index (χ1n) is 15.0. The van der Waals surface area contributed by atoms with Crippen molar-refractivity contribution in [3.8, 4) is 0 Å². The number of nitrogens with zero attached hydrogens (tertiary/aromatic N) is 3. The SMILES string of the molecule is CCC1C(N2C[C@@H](CC(=O)O)CC(F)(F)C2)=CC=C(C2=C(Cc3cc(=O)ccc(CC4CC4)n3)C(C)CN=C2)C1C. The smallest absolute Gasteiger partial charge is 0.303 e. The molecule has 1 aromatic rings. The van der Waals surface area contributed by atoms with E-state index in [4.69, 9.17) is 4.98 Å². The molecule has 0 bridgehead atoms. The van der Waals surface area contributed by atoms with Crippen molar-refractivity contribution in [3.05, 3.63) is 74.4 Å². The molecule has 1 aromatic heterocycles. The third-order valence-electron chi connectivity index (χ3n) is 9.12. The van der Waals surface area contributed by atoms with Gasteiger partial charge < -0.3 is 10.0 Å². The summed E-state index contributed by atoms with van der Waals surface area (Å²) in [5.74, 6) is -3.64. The first kappa shape index (κ1) is 29.3. The van der Waals surface area contributed by atoms with E-state index in [9.17, 15) is 23.5 Å². The minimum atomic E-state index is -2.93. The summed E-state index contributed by atoms with van der Waals surface area (Å²) in [5, 5.41) is 9.26. The molecule has 0 aromatic carbocycles. The minimum absolute atomic E-state index is 0.0137. The van der Waals surface area contributed by atoms with Crippen LogP contribution in [0.25, 0.3) is 0 Å². The Morgan fingerprint density at radius 2 is 1.93 bits per heavy atom. The van der Waals surface area contributed by atoms with Gasteiger partial charge in [0.15, 0.2) is 5.43 Å². The molecule has 5 rings (SSSR count). The lowest BCUT2D eigenvalue weighted by Crippen LogP contribution is -2.48. The fourth-order valence-corrected chi connectivity index (χ4v) is 6.90. The molecule has 41 heavy (non-hydrogen) atoms. The van der Waals surface area contributed by atoms with Gasteiger partial charge in [0, 0.05) is 61.2 Å². The van der Waals surface area contributed by atoms with E-state index in [1.807, 2.05) is 24.4 Å². The second kappa shape index (κ2) is 12.0. The zero-order valence-corrected chi connectivity index (χ0v) is 24.3. The number of likely N-dealkylation sites (tertiary alicyclic amines) is 1. The number of alkyl halides is 2. The number of aliphatic carboxylic acids is 1. The number of piperidine rings is 1. The Balaban J connectivity index is 1.49. The molecule has 0 spiro atoms. The van der Waals surface area contributed by atoms with Gasteiger partial charge in [-0.2, -0.15) is 0 Å². The maximum absolute atomic E-state index is 14.7. The maximum Gasteiger partial charge on any atom is 0.303 e. The number of halogens is 2. The molecular weight excluding hydrogens is 524 g/mol. The van der Waals surface area contributed by atoms with Gasteiger partial charge >= 0.3 is 5.97 Å². The Kier molecular flexibility index (Phi) is 8.57. The number of carbonyl (C=O) groups is 1. The number of aliphatic imine (C=N–C) groups is 1. The fourth-order valence-electron chi connectivity index (χ4n) is 6.90. The second-order valence-corrected chi connectivity index (χ2v) is 12.6. The third-order valence-corrected chi connectivity index (χ3v) is 9.12. The monoisotopic (exact) mass is 565 g/mol. The molecule has 4 atom stereocenters. The van der Waals surface area contributed by atoms with E-state index in [2.05, 4.69) is 25.8 Å². The Morgan fingerprint density at radius 3 is 2.63 bits per heavy atom. The minimum Gasteiger partial charge on any atom is -0.481 e. The number of rotatable bonds is 9. The van der Waals surface area contributed by atoms with Crippen molar-refractivity contribution in [3.63, 3.8) is 0 Å². The summed E-state index contributed by atoms with van der Waals surface area (Å²) in [5.41, 5.74) is 5.94. The molecule has 1 saturated heterocycles. The van der Waals surface area contributed by atoms with Gasteiger partial charge in [0.25, 0.3) is 5.92 Å². The van der Waals surface area contributed by atoms with E-state index in [1.54, 1.807) is 17.0 Å². The highest BCUT2D eigenvalue weighted by Crippen LogP contribution is 2.43. The molecule has 1 N–H and O–H groups in total. The quantitative estimate of drug-likeness (QED) is 0.405. The summed E-state index contributed by atoms with van der Waals surface area (Å²) in [7, 11) is 0. The summed E-state index contributed by atoms with van der Waals surface area (Å²) in [6.07, 6.45) is 9.98. The van der Waals surface area contributed by atoms with Crippen LogP contribution in [0.1, 0.15) is 64.3 Å². The number of hydrogen-bond acceptors (Lipinski definition) is 5. The summed E-state index contributed by atoms with van der Waals surface area (Å²) in [4.78, 5) is 35.1. The van der Waals surface area contributed by atoms with Gasteiger partial charge in [-0.25, -0.2) is 8.78 Å². The molecule has 4 aliphatic rings. The summed E-state index contributed by atoms with van der Waals surface area (Å²) < 4.78 is 29.5. The molecule has 3 unspecified atom stereocenters. The number of aromatic nitrogens is 1. The van der Waals surface area contributed by atoms with E-state index in [1.165, 1.54) is 18.4 Å². The predicted octanol–water partition coefficient (Wildman–Crippen LogP) is 5.87. The van der Waals surface area contributed by atoms with Gasteiger partial charge in [-0.1, -0.05) is 32.4 Å². The Hall–Kier alpha value is -3.16. The van der Waals surface area contributed by atoms with Crippen LogP contribution in [0.2, 0.25) is 0 Å². The molecule has 0 radical (unpaired) electrons. The molecule has 8 heteroatoms. The van der Waals surface area contributed by atoms with Crippen LogP contribution in [0.3, 0.4) is 0 Å². The Bertz CT molecular complexity index is 1360. The number of dihydropyridines is 1. The van der Waals surface area contributed by atoms with Gasteiger partial charge in [-0.3, -0.25) is 19.6 Å². The molecule has 1 saturated carbocycles. The van der Waals surface area contributed by atoms with E-state index in [-0.39, 0.29) is 42.6 Å².